The van der Waals surface area contributed by atoms with Crippen LogP contribution in [0, 0.1) is 0 Å². The van der Waals surface area contributed by atoms with Crippen molar-refractivity contribution in [1.82, 2.24) is 4.98 Å². The number of halogens is 3. The summed E-state index contributed by atoms with van der Waals surface area (Å²) in [5.74, 6) is 1.03. The molecule has 0 aliphatic carbocycles. The Morgan fingerprint density at radius 3 is 2.56 bits per heavy atom. The Balaban J connectivity index is 2.33. The molecule has 0 radical (unpaired) electrons. The number of aromatic nitrogens is 1. The van der Waals surface area contributed by atoms with Gasteiger partial charge >= 0.3 is 0 Å². The van der Waals surface area contributed by atoms with Crippen LogP contribution in [0.25, 0.3) is 0 Å². The molecule has 18 heavy (non-hydrogen) atoms. The fourth-order valence-electron chi connectivity index (χ4n) is 1.34. The van der Waals surface area contributed by atoms with E-state index in [0.29, 0.717) is 17.2 Å². The number of aliphatic hydroxyl groups is 1. The van der Waals surface area contributed by atoms with Gasteiger partial charge in [0.2, 0.25) is 5.88 Å². The largest absolute Gasteiger partial charge is 0.437 e. The fourth-order valence-corrected chi connectivity index (χ4v) is 2.84. The van der Waals surface area contributed by atoms with E-state index in [1.165, 1.54) is 0 Å². The van der Waals surface area contributed by atoms with Crippen molar-refractivity contribution in [2.75, 3.05) is 0 Å². The Kier molecular flexibility index (Phi) is 4.77. The first kappa shape index (κ1) is 14.0. The highest BCUT2D eigenvalue weighted by molar-refractivity contribution is 9.11. The molecule has 1 N–H and O–H groups in total. The van der Waals surface area contributed by atoms with Crippen molar-refractivity contribution >= 4 is 47.8 Å². The van der Waals surface area contributed by atoms with Gasteiger partial charge < -0.3 is 9.84 Å². The second-order valence-corrected chi connectivity index (χ2v) is 6.14. The molecular weight excluding hydrogens is 430 g/mol. The molecule has 0 atom stereocenters. The Bertz CT molecular complexity index is 575. The van der Waals surface area contributed by atoms with Gasteiger partial charge in [0.25, 0.3) is 0 Å². The number of hydrogen-bond donors (Lipinski definition) is 1. The van der Waals surface area contributed by atoms with E-state index in [9.17, 15) is 5.11 Å². The fraction of sp³-hybridized carbons (Fsp3) is 0.0833. The number of rotatable bonds is 3. The summed E-state index contributed by atoms with van der Waals surface area (Å²) < 4.78 is 8.24. The number of aliphatic hydroxyl groups excluding tert-OH is 1. The molecule has 0 unspecified atom stereocenters. The number of benzene rings is 1. The Morgan fingerprint density at radius 2 is 1.89 bits per heavy atom. The smallest absolute Gasteiger partial charge is 0.224 e. The van der Waals surface area contributed by atoms with E-state index in [1.807, 2.05) is 18.2 Å². The highest BCUT2D eigenvalue weighted by Crippen LogP contribution is 2.33. The van der Waals surface area contributed by atoms with Crippen LogP contribution >= 0.6 is 47.8 Å². The maximum absolute atomic E-state index is 9.27. The topological polar surface area (TPSA) is 42.4 Å². The second kappa shape index (κ2) is 6.14. The molecule has 0 aliphatic rings. The first-order valence-corrected chi connectivity index (χ1v) is 7.36. The summed E-state index contributed by atoms with van der Waals surface area (Å²) in [5, 5.41) is 9.27. The number of nitrogens with zero attached hydrogens (tertiary/aromatic N) is 1. The minimum atomic E-state index is -0.129. The summed E-state index contributed by atoms with van der Waals surface area (Å²) in [6.45, 7) is -0.129. The molecule has 94 valence electrons. The standard InChI is InChI=1S/C12H8Br3NO2/c13-8-1-2-11(10(15)4-8)18-12-7(6-17)3-9(14)5-16-12/h1-5,17H,6H2. The van der Waals surface area contributed by atoms with E-state index in [4.69, 9.17) is 4.74 Å². The molecule has 2 rings (SSSR count). The maximum Gasteiger partial charge on any atom is 0.224 e. The first-order chi connectivity index (χ1) is 8.60. The van der Waals surface area contributed by atoms with Crippen LogP contribution in [0.5, 0.6) is 11.6 Å². The Morgan fingerprint density at radius 1 is 1.11 bits per heavy atom. The van der Waals surface area contributed by atoms with Crippen molar-refractivity contribution in [2.45, 2.75) is 6.61 Å². The predicted molar refractivity (Wildman–Crippen MR) is 79.8 cm³/mol. The summed E-state index contributed by atoms with van der Waals surface area (Å²) in [5.41, 5.74) is 0.624. The SMILES string of the molecule is OCc1cc(Br)cnc1Oc1ccc(Br)cc1Br. The van der Waals surface area contributed by atoms with Gasteiger partial charge in [-0.1, -0.05) is 15.9 Å². The quantitative estimate of drug-likeness (QED) is 0.759. The van der Waals surface area contributed by atoms with E-state index in [0.717, 1.165) is 13.4 Å². The monoisotopic (exact) mass is 435 g/mol. The second-order valence-electron chi connectivity index (χ2n) is 3.45. The normalized spacial score (nSPS) is 10.4. The molecule has 1 aromatic carbocycles. The van der Waals surface area contributed by atoms with E-state index in [-0.39, 0.29) is 6.61 Å². The highest BCUT2D eigenvalue weighted by atomic mass is 79.9. The third-order valence-electron chi connectivity index (χ3n) is 2.16. The zero-order chi connectivity index (χ0) is 13.1. The molecule has 1 aromatic heterocycles. The molecule has 0 amide bonds. The summed E-state index contributed by atoms with van der Waals surface area (Å²) in [6.07, 6.45) is 1.63. The lowest BCUT2D eigenvalue weighted by Crippen LogP contribution is -1.95. The van der Waals surface area contributed by atoms with E-state index in [1.54, 1.807) is 12.3 Å². The van der Waals surface area contributed by atoms with Gasteiger partial charge in [0, 0.05) is 20.7 Å². The zero-order valence-electron chi connectivity index (χ0n) is 9.03. The van der Waals surface area contributed by atoms with E-state index >= 15 is 0 Å². The van der Waals surface area contributed by atoms with E-state index in [2.05, 4.69) is 52.8 Å². The molecule has 1 heterocycles. The van der Waals surface area contributed by atoms with Crippen molar-refractivity contribution in [3.05, 3.63) is 49.4 Å². The van der Waals surface area contributed by atoms with Gasteiger partial charge in [-0.2, -0.15) is 0 Å². The van der Waals surface area contributed by atoms with Crippen molar-refractivity contribution in [2.24, 2.45) is 0 Å². The third-order valence-corrected chi connectivity index (χ3v) is 3.71. The van der Waals surface area contributed by atoms with Crippen molar-refractivity contribution in [3.8, 4) is 11.6 Å². The summed E-state index contributed by atoms with van der Waals surface area (Å²) >= 11 is 10.1. The molecule has 0 aliphatic heterocycles. The maximum atomic E-state index is 9.27. The van der Waals surface area contributed by atoms with Gasteiger partial charge in [-0.05, 0) is 56.1 Å². The van der Waals surface area contributed by atoms with Gasteiger partial charge in [0.1, 0.15) is 5.75 Å². The molecular formula is C12H8Br3NO2. The summed E-state index contributed by atoms with van der Waals surface area (Å²) in [7, 11) is 0. The van der Waals surface area contributed by atoms with Crippen LogP contribution in [0.2, 0.25) is 0 Å². The van der Waals surface area contributed by atoms with Crippen LogP contribution in [0.15, 0.2) is 43.9 Å². The molecule has 6 heteroatoms. The molecule has 0 bridgehead atoms. The van der Waals surface area contributed by atoms with Crippen LogP contribution in [0.1, 0.15) is 5.56 Å². The number of pyridine rings is 1. The van der Waals surface area contributed by atoms with Crippen molar-refractivity contribution in [3.63, 3.8) is 0 Å². The predicted octanol–water partition coefficient (Wildman–Crippen LogP) is 4.65. The highest BCUT2D eigenvalue weighted by Gasteiger charge is 2.09. The van der Waals surface area contributed by atoms with Gasteiger partial charge in [-0.25, -0.2) is 4.98 Å². The lowest BCUT2D eigenvalue weighted by Gasteiger charge is -2.10. The van der Waals surface area contributed by atoms with Crippen LogP contribution in [0.3, 0.4) is 0 Å². The van der Waals surface area contributed by atoms with Gasteiger partial charge in [0.05, 0.1) is 11.1 Å². The van der Waals surface area contributed by atoms with E-state index < -0.39 is 0 Å². The van der Waals surface area contributed by atoms with Crippen LogP contribution in [-0.2, 0) is 6.61 Å². The van der Waals surface area contributed by atoms with Gasteiger partial charge in [0.15, 0.2) is 0 Å². The molecule has 3 nitrogen and oxygen atoms in total. The molecule has 0 spiro atoms. The number of ether oxygens (including phenoxy) is 1. The molecule has 0 fully saturated rings. The minimum absolute atomic E-state index is 0.129. The number of hydrogen-bond acceptors (Lipinski definition) is 3. The summed E-state index contributed by atoms with van der Waals surface area (Å²) in [4.78, 5) is 4.15. The average molecular weight is 438 g/mol. The summed E-state index contributed by atoms with van der Waals surface area (Å²) in [6, 6.07) is 7.35. The minimum Gasteiger partial charge on any atom is -0.437 e. The molecule has 0 saturated heterocycles. The van der Waals surface area contributed by atoms with Gasteiger partial charge in [-0.15, -0.1) is 0 Å². The first-order valence-electron chi connectivity index (χ1n) is 4.98. The van der Waals surface area contributed by atoms with Crippen LogP contribution in [0.4, 0.5) is 0 Å². The lowest BCUT2D eigenvalue weighted by molar-refractivity contribution is 0.275. The zero-order valence-corrected chi connectivity index (χ0v) is 13.8. The Hall–Kier alpha value is -0.430. The average Bonchev–Trinajstić information content (AvgIpc) is 2.34. The Labute approximate surface area is 130 Å². The molecule has 2 aromatic rings. The van der Waals surface area contributed by atoms with Crippen LogP contribution < -0.4 is 4.74 Å². The molecule has 0 saturated carbocycles. The lowest BCUT2D eigenvalue weighted by atomic mass is 10.3. The third kappa shape index (κ3) is 3.32. The van der Waals surface area contributed by atoms with Crippen molar-refractivity contribution in [1.29, 1.82) is 0 Å². The van der Waals surface area contributed by atoms with Crippen molar-refractivity contribution < 1.29 is 9.84 Å². The van der Waals surface area contributed by atoms with Gasteiger partial charge in [-0.3, -0.25) is 0 Å². The van der Waals surface area contributed by atoms with Crippen LogP contribution in [-0.4, -0.2) is 10.1 Å².